The van der Waals surface area contributed by atoms with Gasteiger partial charge in [0.1, 0.15) is 23.1 Å². The van der Waals surface area contributed by atoms with Crippen molar-refractivity contribution in [1.82, 2.24) is 0 Å². The molecule has 0 atom stereocenters. The predicted octanol–water partition coefficient (Wildman–Crippen LogP) is 6.07. The summed E-state index contributed by atoms with van der Waals surface area (Å²) in [5.41, 5.74) is 1.30. The highest BCUT2D eigenvalue weighted by Crippen LogP contribution is 2.32. The maximum Gasteiger partial charge on any atom is 0.159 e. The third kappa shape index (κ3) is 9.60. The van der Waals surface area contributed by atoms with Crippen LogP contribution >= 0.6 is 0 Å². The molecule has 1 aromatic rings. The highest BCUT2D eigenvalue weighted by Gasteiger charge is 2.30. The molecule has 0 aliphatic heterocycles. The van der Waals surface area contributed by atoms with E-state index in [9.17, 15) is 14.7 Å². The topological polar surface area (TPSA) is 72.8 Å². The number of hydrogen-bond donors (Lipinski definition) is 1. The van der Waals surface area contributed by atoms with Crippen LogP contribution in [0.15, 0.2) is 90.0 Å². The Labute approximate surface area is 196 Å². The minimum atomic E-state index is -0.179. The number of benzene rings is 1. The fourth-order valence-corrected chi connectivity index (χ4v) is 3.00. The van der Waals surface area contributed by atoms with E-state index in [1.54, 1.807) is 38.5 Å². The molecule has 1 saturated carbocycles. The van der Waals surface area contributed by atoms with Gasteiger partial charge in [-0.25, -0.2) is 0 Å². The monoisotopic (exact) mass is 448 g/mol. The van der Waals surface area contributed by atoms with E-state index in [0.717, 1.165) is 29.9 Å². The van der Waals surface area contributed by atoms with E-state index in [1.807, 2.05) is 49.4 Å². The Bertz CT molecular complexity index is 984. The van der Waals surface area contributed by atoms with Gasteiger partial charge in [0, 0.05) is 18.8 Å². The van der Waals surface area contributed by atoms with Gasteiger partial charge in [0.25, 0.3) is 0 Å². The molecule has 0 bridgehead atoms. The quantitative estimate of drug-likeness (QED) is 0.225. The smallest absolute Gasteiger partial charge is 0.159 e. The molecule has 5 heteroatoms. The molecular formula is C28H32O5. The highest BCUT2D eigenvalue weighted by molar-refractivity contribution is 5.96. The molecule has 0 amide bonds. The van der Waals surface area contributed by atoms with Crippen LogP contribution < -0.4 is 4.74 Å². The largest absolute Gasteiger partial charge is 0.508 e. The Balaban J connectivity index is 2.06. The molecule has 1 aliphatic carbocycles. The lowest BCUT2D eigenvalue weighted by molar-refractivity contribution is -0.119. The number of carbonyl (C=O) groups excluding carboxylic acids is 2. The van der Waals surface area contributed by atoms with Crippen LogP contribution in [0.25, 0.3) is 6.08 Å². The molecule has 1 aliphatic rings. The molecule has 1 N–H and O–H groups in total. The Kier molecular flexibility index (Phi) is 10.7. The molecule has 5 nitrogen and oxygen atoms in total. The average Bonchev–Trinajstić information content (AvgIpc) is 3.68. The summed E-state index contributed by atoms with van der Waals surface area (Å²) < 4.78 is 10.3. The van der Waals surface area contributed by atoms with E-state index < -0.39 is 0 Å². The standard InChI is InChI=1S/C28H32O5/c1-4-25(32-2)9-7-5-6-8-10-27(30)23(20-28(31)22-14-15-22)19-24(29)16-11-21-12-17-26(33-3)18-13-21/h4-13,16-18,22,30H,14-15,19-20H2,1-3H3/b6-5+,9-7-,10-8+,16-11+,25-4+,27-23+. The van der Waals surface area contributed by atoms with E-state index in [4.69, 9.17) is 9.47 Å². The molecule has 1 fully saturated rings. The number of ketones is 2. The Hall–Kier alpha value is -3.60. The first-order chi connectivity index (χ1) is 16.0. The molecule has 0 aromatic heterocycles. The molecule has 2 rings (SSSR count). The van der Waals surface area contributed by atoms with Gasteiger partial charge >= 0.3 is 0 Å². The van der Waals surface area contributed by atoms with Crippen molar-refractivity contribution in [2.45, 2.75) is 32.6 Å². The molecule has 1 aromatic carbocycles. The summed E-state index contributed by atoms with van der Waals surface area (Å²) in [5.74, 6) is 1.40. The van der Waals surface area contributed by atoms with Gasteiger partial charge in [0.05, 0.1) is 14.2 Å². The number of rotatable bonds is 13. The highest BCUT2D eigenvalue weighted by atomic mass is 16.5. The Morgan fingerprint density at radius 1 is 0.970 bits per heavy atom. The summed E-state index contributed by atoms with van der Waals surface area (Å²) in [7, 11) is 3.20. The zero-order chi connectivity index (χ0) is 24.1. The van der Waals surface area contributed by atoms with Crippen LogP contribution in [-0.4, -0.2) is 30.9 Å². The second-order valence-corrected chi connectivity index (χ2v) is 7.65. The first-order valence-electron chi connectivity index (χ1n) is 11.0. The van der Waals surface area contributed by atoms with E-state index >= 15 is 0 Å². The lowest BCUT2D eigenvalue weighted by atomic mass is 9.99. The summed E-state index contributed by atoms with van der Waals surface area (Å²) in [5, 5.41) is 10.5. The molecular weight excluding hydrogens is 416 g/mol. The van der Waals surface area contributed by atoms with Crippen LogP contribution in [0.4, 0.5) is 0 Å². The van der Waals surface area contributed by atoms with Crippen molar-refractivity contribution in [2.24, 2.45) is 5.92 Å². The zero-order valence-electron chi connectivity index (χ0n) is 19.5. The third-order valence-corrected chi connectivity index (χ3v) is 5.12. The van der Waals surface area contributed by atoms with E-state index in [1.165, 1.54) is 12.2 Å². The van der Waals surface area contributed by atoms with Gasteiger partial charge in [-0.15, -0.1) is 0 Å². The second-order valence-electron chi connectivity index (χ2n) is 7.65. The number of Topliss-reactive ketones (excluding diaryl/α,β-unsaturated/α-hetero) is 1. The fourth-order valence-electron chi connectivity index (χ4n) is 3.00. The zero-order valence-corrected chi connectivity index (χ0v) is 19.5. The van der Waals surface area contributed by atoms with E-state index in [2.05, 4.69) is 0 Å². The van der Waals surface area contributed by atoms with Crippen molar-refractivity contribution in [3.63, 3.8) is 0 Å². The average molecular weight is 449 g/mol. The van der Waals surface area contributed by atoms with Gasteiger partial charge in [-0.2, -0.15) is 0 Å². The number of hydrogen-bond acceptors (Lipinski definition) is 5. The molecule has 0 saturated heterocycles. The first kappa shape index (κ1) is 25.7. The Morgan fingerprint density at radius 2 is 1.64 bits per heavy atom. The van der Waals surface area contributed by atoms with Crippen molar-refractivity contribution in [2.75, 3.05) is 14.2 Å². The molecule has 33 heavy (non-hydrogen) atoms. The maximum absolute atomic E-state index is 12.5. The lowest BCUT2D eigenvalue weighted by Crippen LogP contribution is -2.07. The first-order valence-corrected chi connectivity index (χ1v) is 11.0. The molecule has 174 valence electrons. The van der Waals surface area contributed by atoms with Gasteiger partial charge < -0.3 is 14.6 Å². The van der Waals surface area contributed by atoms with Crippen LogP contribution in [-0.2, 0) is 14.3 Å². The van der Waals surface area contributed by atoms with Crippen molar-refractivity contribution < 1.29 is 24.2 Å². The minimum Gasteiger partial charge on any atom is -0.508 e. The van der Waals surface area contributed by atoms with Gasteiger partial charge in [-0.1, -0.05) is 42.5 Å². The molecule has 0 spiro atoms. The number of methoxy groups -OCH3 is 2. The van der Waals surface area contributed by atoms with Crippen molar-refractivity contribution in [3.8, 4) is 5.75 Å². The van der Waals surface area contributed by atoms with Crippen LogP contribution in [0.1, 0.15) is 38.2 Å². The summed E-state index contributed by atoms with van der Waals surface area (Å²) >= 11 is 0. The predicted molar refractivity (Wildman–Crippen MR) is 132 cm³/mol. The van der Waals surface area contributed by atoms with Gasteiger partial charge in [-0.3, -0.25) is 9.59 Å². The summed E-state index contributed by atoms with van der Waals surface area (Å²) in [6.07, 6.45) is 17.2. The normalized spacial score (nSPS) is 15.5. The van der Waals surface area contributed by atoms with Crippen molar-refractivity contribution in [3.05, 3.63) is 95.5 Å². The van der Waals surface area contributed by atoms with E-state index in [-0.39, 0.29) is 36.1 Å². The van der Waals surface area contributed by atoms with Crippen LogP contribution in [0.5, 0.6) is 5.75 Å². The number of aliphatic hydroxyl groups excluding tert-OH is 1. The molecule has 0 radical (unpaired) electrons. The number of allylic oxidation sites excluding steroid dienone is 9. The van der Waals surface area contributed by atoms with Gasteiger partial charge in [0.15, 0.2) is 5.78 Å². The summed E-state index contributed by atoms with van der Waals surface area (Å²) in [6, 6.07) is 7.33. The maximum atomic E-state index is 12.5. The van der Waals surface area contributed by atoms with Crippen LogP contribution in [0, 0.1) is 5.92 Å². The van der Waals surface area contributed by atoms with Crippen molar-refractivity contribution >= 4 is 17.6 Å². The molecule has 0 heterocycles. The number of carbonyl (C=O) groups is 2. The summed E-state index contributed by atoms with van der Waals surface area (Å²) in [4.78, 5) is 24.9. The van der Waals surface area contributed by atoms with E-state index in [0.29, 0.717) is 5.57 Å². The SMILES string of the molecule is C\C=C(/C=C\C=C\C=C\C(O)=C(\CC(=O)/C=C/c1ccc(OC)cc1)CC(=O)C1CC1)OC. The Morgan fingerprint density at radius 3 is 2.21 bits per heavy atom. The minimum absolute atomic E-state index is 0.0105. The summed E-state index contributed by atoms with van der Waals surface area (Å²) in [6.45, 7) is 1.88. The van der Waals surface area contributed by atoms with Crippen LogP contribution in [0.3, 0.4) is 0 Å². The molecule has 0 unspecified atom stereocenters. The third-order valence-electron chi connectivity index (χ3n) is 5.12. The van der Waals surface area contributed by atoms with Gasteiger partial charge in [-0.05, 0) is 67.3 Å². The second kappa shape index (κ2) is 13.7. The van der Waals surface area contributed by atoms with Gasteiger partial charge in [0.2, 0.25) is 0 Å². The number of aliphatic hydroxyl groups is 1. The number of ether oxygens (including phenoxy) is 2. The van der Waals surface area contributed by atoms with Crippen LogP contribution in [0.2, 0.25) is 0 Å². The lowest BCUT2D eigenvalue weighted by Gasteiger charge is -2.07. The fraction of sp³-hybridized carbons (Fsp3) is 0.286. The van der Waals surface area contributed by atoms with Crippen molar-refractivity contribution in [1.29, 1.82) is 0 Å².